The highest BCUT2D eigenvalue weighted by molar-refractivity contribution is 7.92. The Kier molecular flexibility index (Phi) is 21.7. The predicted molar refractivity (Wildman–Crippen MR) is 303 cm³/mol. The van der Waals surface area contributed by atoms with E-state index >= 15 is 0 Å². The number of nitrogens with one attached hydrogen (secondary N) is 3. The molecule has 24 heteroatoms. The molecule has 0 unspecified atom stereocenters. The summed E-state index contributed by atoms with van der Waals surface area (Å²) < 4.78 is 91.0. The van der Waals surface area contributed by atoms with E-state index in [0.29, 0.717) is 16.6 Å². The first-order chi connectivity index (χ1) is 38.0. The quantitative estimate of drug-likeness (QED) is 0.0440. The zero-order valence-electron chi connectivity index (χ0n) is 47.8. The smallest absolute Gasteiger partial charge is 0.410 e. The van der Waals surface area contributed by atoms with E-state index in [2.05, 4.69) is 25.9 Å². The van der Waals surface area contributed by atoms with E-state index in [1.807, 2.05) is 18.2 Å². The van der Waals surface area contributed by atoms with Gasteiger partial charge < -0.3 is 49.3 Å². The predicted octanol–water partition coefficient (Wildman–Crippen LogP) is 8.49. The molecule has 0 spiro atoms. The minimum atomic E-state index is -3.86. The van der Waals surface area contributed by atoms with Crippen molar-refractivity contribution < 1.29 is 69.6 Å². The van der Waals surface area contributed by atoms with Gasteiger partial charge in [-0.05, 0) is 109 Å². The van der Waals surface area contributed by atoms with Crippen LogP contribution in [-0.2, 0) is 52.7 Å². The summed E-state index contributed by atoms with van der Waals surface area (Å²) in [4.78, 5) is 79.1. The Hall–Kier alpha value is -6.44. The number of amides is 4. The second kappa shape index (κ2) is 27.6. The van der Waals surface area contributed by atoms with Gasteiger partial charge in [-0.2, -0.15) is 0 Å². The standard InChI is InChI=1S/C57H75F2N7O13S2/c1-35(65(11)54(71)79-56(5,6)7)51(68)64-50(55(2,3)4)53(70)66-32-36(28-45(66)52(69)63-49-40(58)13-12-14-41(49)59)27-38(67)33-77-24-23-75-20-19-74-21-22-76-25-26-78-46-31-43-39(30-48(46)81(72,73)57(8,9)10)42(17-18-60-43)62-37-15-16-47-44(29-37)61-34-80-47/h12-18,29-31,34-36,45,50H,19-28,32-33H2,1-11H3,(H,60,62)(H,63,69)(H,64,68)/t35-,36-,45-,50+/m0/s1. The SMILES string of the molecule is C[C@@H](C(=O)N[C@H](C(=O)N1C[C@@H](CC(=O)COCCOCCOCCOCCOc2cc3nccc(Nc4ccc5scnc5c4)c3cc2S(=O)(=O)C(C)(C)C)C[C@H]1C(=O)Nc1c(F)cccc1F)C(C)(C)C)N(C)C(=O)OC(C)(C)C. The fourth-order valence-corrected chi connectivity index (χ4v) is 10.5. The Morgan fingerprint density at radius 2 is 1.44 bits per heavy atom. The Morgan fingerprint density at radius 1 is 0.815 bits per heavy atom. The average molecular weight is 1170 g/mol. The molecule has 1 aliphatic rings. The molecule has 81 heavy (non-hydrogen) atoms. The molecular formula is C57H75F2N7O13S2. The number of hydrogen-bond donors (Lipinski definition) is 3. The number of rotatable bonds is 26. The van der Waals surface area contributed by atoms with Gasteiger partial charge in [-0.1, -0.05) is 26.8 Å². The van der Waals surface area contributed by atoms with Gasteiger partial charge in [0.2, 0.25) is 17.7 Å². The number of carbonyl (C=O) groups is 5. The summed E-state index contributed by atoms with van der Waals surface area (Å²) >= 11 is 1.54. The van der Waals surface area contributed by atoms with Crippen LogP contribution in [0.25, 0.3) is 21.1 Å². The van der Waals surface area contributed by atoms with Crippen molar-refractivity contribution in [1.82, 2.24) is 25.1 Å². The summed E-state index contributed by atoms with van der Waals surface area (Å²) in [6.45, 7) is 17.5. The van der Waals surface area contributed by atoms with Crippen molar-refractivity contribution in [3.8, 4) is 5.75 Å². The number of likely N-dealkylation sites (tertiary alicyclic amines) is 1. The minimum Gasteiger partial charge on any atom is -0.490 e. The van der Waals surface area contributed by atoms with Gasteiger partial charge in [-0.15, -0.1) is 11.3 Å². The molecule has 0 bridgehead atoms. The highest BCUT2D eigenvalue weighted by atomic mass is 32.2. The van der Waals surface area contributed by atoms with Crippen LogP contribution in [0.4, 0.5) is 30.6 Å². The van der Waals surface area contributed by atoms with Crippen LogP contribution in [-0.4, -0.2) is 159 Å². The van der Waals surface area contributed by atoms with Crippen LogP contribution in [0.3, 0.4) is 0 Å². The number of aromatic nitrogens is 2. The van der Waals surface area contributed by atoms with Crippen LogP contribution in [0.15, 0.2) is 71.2 Å². The van der Waals surface area contributed by atoms with Gasteiger partial charge >= 0.3 is 6.09 Å². The van der Waals surface area contributed by atoms with E-state index in [4.69, 9.17) is 28.4 Å². The number of likely N-dealkylation sites (N-methyl/N-ethyl adjacent to an activating group) is 1. The van der Waals surface area contributed by atoms with Gasteiger partial charge in [-0.3, -0.25) is 29.1 Å². The maximum absolute atomic E-state index is 14.7. The normalized spacial score (nSPS) is 15.8. The second-order valence-corrected chi connectivity index (χ2v) is 26.3. The van der Waals surface area contributed by atoms with Gasteiger partial charge in [-0.25, -0.2) is 27.0 Å². The number of Topliss-reactive ketones (excluding diaryl/α,β-unsaturated/α-hetero) is 1. The lowest BCUT2D eigenvalue weighted by atomic mass is 9.85. The van der Waals surface area contributed by atoms with E-state index in [1.165, 1.54) is 18.9 Å². The van der Waals surface area contributed by atoms with Gasteiger partial charge in [0.05, 0.1) is 72.2 Å². The molecule has 2 aromatic heterocycles. The van der Waals surface area contributed by atoms with Crippen LogP contribution in [0.1, 0.15) is 82.1 Å². The molecule has 4 atom stereocenters. The molecule has 442 valence electrons. The molecule has 5 aromatic rings. The molecular weight excluding hydrogens is 1090 g/mol. The first kappa shape index (κ1) is 63.7. The molecule has 3 N–H and O–H groups in total. The van der Waals surface area contributed by atoms with Crippen molar-refractivity contribution in [3.05, 3.63) is 77.9 Å². The number of anilines is 3. The van der Waals surface area contributed by atoms with Crippen molar-refractivity contribution in [1.29, 1.82) is 0 Å². The van der Waals surface area contributed by atoms with E-state index in [1.54, 1.807) is 104 Å². The fourth-order valence-electron chi connectivity index (χ4n) is 8.58. The monoisotopic (exact) mass is 1170 g/mol. The topological polar surface area (TPSA) is 243 Å². The third-order valence-corrected chi connectivity index (χ3v) is 16.4. The van der Waals surface area contributed by atoms with Crippen LogP contribution >= 0.6 is 11.3 Å². The van der Waals surface area contributed by atoms with Gasteiger partial charge in [0.1, 0.15) is 64.9 Å². The highest BCUT2D eigenvalue weighted by Gasteiger charge is 2.46. The summed E-state index contributed by atoms with van der Waals surface area (Å²) in [5, 5.41) is 9.01. The second-order valence-electron chi connectivity index (χ2n) is 22.7. The number of pyridine rings is 1. The number of nitrogens with zero attached hydrogens (tertiary/aromatic N) is 4. The molecule has 3 heterocycles. The number of sulfone groups is 1. The Bertz CT molecular complexity index is 3120. The van der Waals surface area contributed by atoms with Crippen molar-refractivity contribution in [2.45, 2.75) is 115 Å². The van der Waals surface area contributed by atoms with Crippen molar-refractivity contribution in [2.24, 2.45) is 11.3 Å². The van der Waals surface area contributed by atoms with Crippen molar-refractivity contribution >= 4 is 89.0 Å². The van der Waals surface area contributed by atoms with Crippen LogP contribution in [0, 0.1) is 23.0 Å². The number of fused-ring (bicyclic) bond motifs is 2. The van der Waals surface area contributed by atoms with E-state index in [0.717, 1.165) is 39.0 Å². The summed E-state index contributed by atoms with van der Waals surface area (Å²) in [6.07, 6.45) is 0.751. The minimum absolute atomic E-state index is 0.0366. The summed E-state index contributed by atoms with van der Waals surface area (Å²) in [5.74, 6) is -5.01. The zero-order chi connectivity index (χ0) is 59.5. The van der Waals surface area contributed by atoms with E-state index < -0.39 is 90.8 Å². The first-order valence-corrected chi connectivity index (χ1v) is 29.0. The number of ether oxygens (including phenoxy) is 6. The largest absolute Gasteiger partial charge is 0.490 e. The lowest BCUT2D eigenvalue weighted by Crippen LogP contribution is -2.60. The first-order valence-electron chi connectivity index (χ1n) is 26.6. The van der Waals surface area contributed by atoms with Gasteiger partial charge in [0, 0.05) is 49.0 Å². The molecule has 1 fully saturated rings. The highest BCUT2D eigenvalue weighted by Crippen LogP contribution is 2.38. The average Bonchev–Trinajstić information content (AvgIpc) is 4.20. The molecule has 1 saturated heterocycles. The summed E-state index contributed by atoms with van der Waals surface area (Å²) in [6, 6.07) is 10.4. The Balaban J connectivity index is 0.926. The fraction of sp³-hybridized carbons (Fsp3) is 0.526. The number of halogens is 2. The lowest BCUT2D eigenvalue weighted by molar-refractivity contribution is -0.143. The van der Waals surface area contributed by atoms with Crippen molar-refractivity contribution in [3.63, 3.8) is 0 Å². The molecule has 0 aliphatic carbocycles. The van der Waals surface area contributed by atoms with Crippen molar-refractivity contribution in [2.75, 3.05) is 83.7 Å². The Morgan fingerprint density at radius 3 is 2.06 bits per heavy atom. The molecule has 4 amide bonds. The lowest BCUT2D eigenvalue weighted by Gasteiger charge is -2.36. The number of thiazole rings is 1. The maximum atomic E-state index is 14.7. The van der Waals surface area contributed by atoms with Gasteiger partial charge in [0.15, 0.2) is 15.6 Å². The summed E-state index contributed by atoms with van der Waals surface area (Å²) in [5.41, 5.74) is 2.17. The van der Waals surface area contributed by atoms with Crippen LogP contribution in [0.5, 0.6) is 5.75 Å². The molecule has 1 aliphatic heterocycles. The number of benzene rings is 3. The number of hydrogen-bond acceptors (Lipinski definition) is 17. The molecule has 3 aromatic carbocycles. The third-order valence-electron chi connectivity index (χ3n) is 13.1. The summed E-state index contributed by atoms with van der Waals surface area (Å²) in [7, 11) is -2.47. The maximum Gasteiger partial charge on any atom is 0.410 e. The zero-order valence-corrected chi connectivity index (χ0v) is 49.4. The van der Waals surface area contributed by atoms with Crippen LogP contribution < -0.4 is 20.7 Å². The Labute approximate surface area is 475 Å². The van der Waals surface area contributed by atoms with Crippen LogP contribution in [0.2, 0.25) is 0 Å². The van der Waals surface area contributed by atoms with E-state index in [-0.39, 0.29) is 95.3 Å². The molecule has 0 radical (unpaired) electrons. The third kappa shape index (κ3) is 17.3. The number of para-hydroxylation sites is 1. The van der Waals surface area contributed by atoms with Gasteiger partial charge in [0.25, 0.3) is 0 Å². The molecule has 6 rings (SSSR count). The van der Waals surface area contributed by atoms with E-state index in [9.17, 15) is 41.2 Å². The number of ketones is 1. The molecule has 0 saturated carbocycles. The number of carbonyl (C=O) groups excluding carboxylic acids is 5. The molecule has 20 nitrogen and oxygen atoms in total.